The van der Waals surface area contributed by atoms with Crippen molar-refractivity contribution in [3.8, 4) is 56.3 Å². The molecule has 252 valence electrons. The molecule has 54 heavy (non-hydrogen) atoms. The first-order valence-electron chi connectivity index (χ1n) is 18.0. The number of furan rings is 2. The molecule has 4 heterocycles. The molecule has 0 amide bonds. The van der Waals surface area contributed by atoms with Gasteiger partial charge in [-0.05, 0) is 42.0 Å². The summed E-state index contributed by atoms with van der Waals surface area (Å²) in [5.74, 6) is 0.637. The normalized spacial score (nSPS) is 11.7. The molecule has 0 bridgehead atoms. The number of aromatic nitrogens is 3. The van der Waals surface area contributed by atoms with Crippen molar-refractivity contribution in [2.24, 2.45) is 0 Å². The highest BCUT2D eigenvalue weighted by molar-refractivity contribution is 6.19. The van der Waals surface area contributed by atoms with Crippen LogP contribution < -0.4 is 0 Å². The van der Waals surface area contributed by atoms with E-state index in [4.69, 9.17) is 23.8 Å². The summed E-state index contributed by atoms with van der Waals surface area (Å²) in [6.45, 7) is 0. The third kappa shape index (κ3) is 4.90. The minimum atomic E-state index is 0.637. The maximum absolute atomic E-state index is 6.47. The monoisotopic (exact) mass is 691 g/mol. The largest absolute Gasteiger partial charge is 0.455 e. The summed E-state index contributed by atoms with van der Waals surface area (Å²) in [6, 6.07) is 60.1. The molecule has 0 unspecified atom stereocenters. The first-order valence-corrected chi connectivity index (χ1v) is 18.0. The van der Waals surface area contributed by atoms with E-state index in [9.17, 15) is 0 Å². The van der Waals surface area contributed by atoms with E-state index in [0.717, 1.165) is 105 Å². The summed E-state index contributed by atoms with van der Waals surface area (Å²) in [5.41, 5.74) is 12.9. The van der Waals surface area contributed by atoms with Crippen LogP contribution in [0, 0.1) is 0 Å². The van der Waals surface area contributed by atoms with E-state index in [-0.39, 0.29) is 0 Å². The van der Waals surface area contributed by atoms with E-state index < -0.39 is 0 Å². The number of fused-ring (bicyclic) bond motifs is 8. The van der Waals surface area contributed by atoms with Gasteiger partial charge in [0, 0.05) is 49.4 Å². The Morgan fingerprint density at radius 3 is 1.74 bits per heavy atom. The fourth-order valence-corrected chi connectivity index (χ4v) is 7.70. The summed E-state index contributed by atoms with van der Waals surface area (Å²) >= 11 is 0. The average molecular weight is 692 g/mol. The fraction of sp³-hybridized carbons (Fsp3) is 0. The van der Waals surface area contributed by atoms with Crippen LogP contribution in [-0.2, 0) is 0 Å². The third-order valence-electron chi connectivity index (χ3n) is 10.3. The summed E-state index contributed by atoms with van der Waals surface area (Å²) in [6.07, 6.45) is 0. The Morgan fingerprint density at radius 1 is 0.352 bits per heavy atom. The second kappa shape index (κ2) is 12.1. The Bertz CT molecular complexity index is 3210. The first-order chi connectivity index (χ1) is 26.7. The van der Waals surface area contributed by atoms with Crippen molar-refractivity contribution in [2.45, 2.75) is 0 Å². The SMILES string of the molecule is c1ccc(-c2cc(-c3ccc(-c4cccc5c4oc4ccccc45)cc3)nc(-c3cccc(-c4nc5ccccc5c5oc6ccccc6c45)c3)n2)cc1. The second-order valence-electron chi connectivity index (χ2n) is 13.5. The molecule has 4 aromatic heterocycles. The predicted octanol–water partition coefficient (Wildman–Crippen LogP) is 13.2. The molecule has 0 aliphatic heterocycles. The molecule has 0 aliphatic rings. The van der Waals surface area contributed by atoms with Gasteiger partial charge in [-0.25, -0.2) is 15.0 Å². The highest BCUT2D eigenvalue weighted by atomic mass is 16.3. The smallest absolute Gasteiger partial charge is 0.160 e. The molecule has 0 saturated carbocycles. The average Bonchev–Trinajstić information content (AvgIpc) is 3.83. The van der Waals surface area contributed by atoms with Gasteiger partial charge in [0.05, 0.1) is 28.0 Å². The summed E-state index contributed by atoms with van der Waals surface area (Å²) < 4.78 is 12.8. The molecule has 5 heteroatoms. The van der Waals surface area contributed by atoms with Crippen molar-refractivity contribution >= 4 is 54.8 Å². The van der Waals surface area contributed by atoms with Crippen molar-refractivity contribution in [1.29, 1.82) is 0 Å². The van der Waals surface area contributed by atoms with Crippen molar-refractivity contribution in [2.75, 3.05) is 0 Å². The quantitative estimate of drug-likeness (QED) is 0.180. The van der Waals surface area contributed by atoms with Crippen LogP contribution >= 0.6 is 0 Å². The van der Waals surface area contributed by atoms with E-state index in [1.807, 2.05) is 66.7 Å². The lowest BCUT2D eigenvalue weighted by Crippen LogP contribution is -1.96. The van der Waals surface area contributed by atoms with Crippen LogP contribution in [0.25, 0.3) is 111 Å². The molecule has 0 saturated heterocycles. The molecule has 11 rings (SSSR count). The lowest BCUT2D eigenvalue weighted by molar-refractivity contribution is 0.670. The van der Waals surface area contributed by atoms with Crippen molar-refractivity contribution in [1.82, 2.24) is 15.0 Å². The number of benzene rings is 7. The molecule has 0 radical (unpaired) electrons. The van der Waals surface area contributed by atoms with Crippen LogP contribution in [0.15, 0.2) is 185 Å². The fourth-order valence-electron chi connectivity index (χ4n) is 7.70. The number of rotatable bonds is 5. The number of hydrogen-bond acceptors (Lipinski definition) is 5. The van der Waals surface area contributed by atoms with Crippen LogP contribution in [0.4, 0.5) is 0 Å². The van der Waals surface area contributed by atoms with E-state index >= 15 is 0 Å². The molecule has 0 N–H and O–H groups in total. The molecular formula is C49H29N3O2. The van der Waals surface area contributed by atoms with E-state index in [2.05, 4.69) is 109 Å². The van der Waals surface area contributed by atoms with Crippen LogP contribution in [0.5, 0.6) is 0 Å². The van der Waals surface area contributed by atoms with Gasteiger partial charge in [0.25, 0.3) is 0 Å². The van der Waals surface area contributed by atoms with Gasteiger partial charge in [0.2, 0.25) is 0 Å². The third-order valence-corrected chi connectivity index (χ3v) is 10.3. The molecule has 5 nitrogen and oxygen atoms in total. The molecule has 0 spiro atoms. The Morgan fingerprint density at radius 2 is 0.926 bits per heavy atom. The van der Waals surface area contributed by atoms with Crippen LogP contribution in [0.2, 0.25) is 0 Å². The Balaban J connectivity index is 1.05. The van der Waals surface area contributed by atoms with Gasteiger partial charge in [0.1, 0.15) is 22.3 Å². The molecule has 7 aromatic carbocycles. The summed E-state index contributed by atoms with van der Waals surface area (Å²) in [4.78, 5) is 15.6. The highest BCUT2D eigenvalue weighted by Gasteiger charge is 2.19. The molecular weight excluding hydrogens is 663 g/mol. The molecule has 0 aliphatic carbocycles. The summed E-state index contributed by atoms with van der Waals surface area (Å²) in [7, 11) is 0. The van der Waals surface area contributed by atoms with Crippen molar-refractivity contribution in [3.63, 3.8) is 0 Å². The topological polar surface area (TPSA) is 65.0 Å². The number of pyridine rings is 1. The predicted molar refractivity (Wildman–Crippen MR) is 219 cm³/mol. The van der Waals surface area contributed by atoms with E-state index in [1.54, 1.807) is 0 Å². The number of nitrogens with zero attached hydrogens (tertiary/aromatic N) is 3. The molecule has 0 fully saturated rings. The standard InChI is InChI=1S/C49H29N3O2/c1-2-12-31(13-3-1)41-29-42(32-26-24-30(25-27-32)35-19-11-20-37-36-16-5-8-22-43(36)53-47(35)37)52-49(51-41)34-15-10-14-33(28-34)46-45-39-18-6-9-23-44(39)54-48(45)38-17-4-7-21-40(38)50-46/h1-29H. The maximum Gasteiger partial charge on any atom is 0.160 e. The van der Waals surface area contributed by atoms with Gasteiger partial charge >= 0.3 is 0 Å². The lowest BCUT2D eigenvalue weighted by atomic mass is 9.99. The van der Waals surface area contributed by atoms with Gasteiger partial charge in [0.15, 0.2) is 5.82 Å². The van der Waals surface area contributed by atoms with Gasteiger partial charge in [-0.3, -0.25) is 0 Å². The zero-order valence-electron chi connectivity index (χ0n) is 28.9. The molecule has 0 atom stereocenters. The summed E-state index contributed by atoms with van der Waals surface area (Å²) in [5, 5.41) is 5.27. The molecule has 11 aromatic rings. The number of hydrogen-bond donors (Lipinski definition) is 0. The number of para-hydroxylation sites is 4. The van der Waals surface area contributed by atoms with Gasteiger partial charge in [-0.15, -0.1) is 0 Å². The lowest BCUT2D eigenvalue weighted by Gasteiger charge is -2.12. The van der Waals surface area contributed by atoms with E-state index in [1.165, 1.54) is 0 Å². The van der Waals surface area contributed by atoms with Gasteiger partial charge < -0.3 is 8.83 Å². The zero-order valence-corrected chi connectivity index (χ0v) is 28.9. The van der Waals surface area contributed by atoms with Gasteiger partial charge in [-0.1, -0.05) is 140 Å². The first kappa shape index (κ1) is 30.3. The minimum Gasteiger partial charge on any atom is -0.455 e. The minimum absolute atomic E-state index is 0.637. The van der Waals surface area contributed by atoms with E-state index in [0.29, 0.717) is 5.82 Å². The van der Waals surface area contributed by atoms with Crippen molar-refractivity contribution in [3.05, 3.63) is 176 Å². The highest BCUT2D eigenvalue weighted by Crippen LogP contribution is 2.41. The maximum atomic E-state index is 6.47. The van der Waals surface area contributed by atoms with Crippen molar-refractivity contribution < 1.29 is 8.83 Å². The Labute approximate surface area is 309 Å². The second-order valence-corrected chi connectivity index (χ2v) is 13.5. The van der Waals surface area contributed by atoms with Crippen LogP contribution in [0.1, 0.15) is 0 Å². The van der Waals surface area contributed by atoms with Crippen LogP contribution in [0.3, 0.4) is 0 Å². The van der Waals surface area contributed by atoms with Crippen LogP contribution in [-0.4, -0.2) is 15.0 Å². The van der Waals surface area contributed by atoms with Gasteiger partial charge in [-0.2, -0.15) is 0 Å². The Hall–Kier alpha value is -7.37. The zero-order chi connectivity index (χ0) is 35.6. The Kier molecular flexibility index (Phi) is 6.79.